The van der Waals surface area contributed by atoms with Gasteiger partial charge in [-0.25, -0.2) is 19.2 Å². The first-order valence-corrected chi connectivity index (χ1v) is 13.6. The van der Waals surface area contributed by atoms with Crippen LogP contribution in [0.1, 0.15) is 40.0 Å². The van der Waals surface area contributed by atoms with E-state index in [0.29, 0.717) is 52.4 Å². The van der Waals surface area contributed by atoms with Gasteiger partial charge >= 0.3 is 5.97 Å². The van der Waals surface area contributed by atoms with E-state index in [1.165, 1.54) is 6.07 Å². The van der Waals surface area contributed by atoms with Crippen molar-refractivity contribution in [3.63, 3.8) is 0 Å². The number of hydrogen-bond acceptors (Lipinski definition) is 9. The molecule has 12 heteroatoms. The van der Waals surface area contributed by atoms with Crippen LogP contribution >= 0.6 is 11.8 Å². The molecule has 0 saturated carbocycles. The van der Waals surface area contributed by atoms with E-state index in [1.807, 2.05) is 6.92 Å². The maximum Gasteiger partial charge on any atom is 0.336 e. The molecule has 0 radical (unpaired) electrons. The van der Waals surface area contributed by atoms with Crippen LogP contribution in [-0.4, -0.2) is 56.8 Å². The molecule has 0 spiro atoms. The fourth-order valence-electron chi connectivity index (χ4n) is 4.72. The topological polar surface area (TPSA) is 137 Å². The molecule has 2 saturated heterocycles. The fourth-order valence-corrected chi connectivity index (χ4v) is 5.38. The Kier molecular flexibility index (Phi) is 8.17. The van der Waals surface area contributed by atoms with Crippen molar-refractivity contribution in [2.45, 2.75) is 26.3 Å². The standard InChI is InChI=1S/C28H27FN6O4S/c1-16-2-3-20(26(37)38)21(10-16)23-11-18(22(29)15-32-23)14-30-13-17-5-8-35(9-6-17)27-31-7-4-19(33-27)12-24-25(36)34-28(39)40-24/h2-4,7,10-12,15,17,30H,5-6,8-9,13-14H2,1H3,(H,37,38)(H,34,36,39)/b24-12-. The lowest BCUT2D eigenvalue weighted by Crippen LogP contribution is -2.38. The number of piperidine rings is 1. The van der Waals surface area contributed by atoms with Crippen LogP contribution in [0.15, 0.2) is 47.6 Å². The van der Waals surface area contributed by atoms with Gasteiger partial charge < -0.3 is 15.3 Å². The number of anilines is 1. The van der Waals surface area contributed by atoms with Gasteiger partial charge in [0.1, 0.15) is 5.82 Å². The third kappa shape index (κ3) is 6.35. The van der Waals surface area contributed by atoms with E-state index in [2.05, 4.69) is 30.5 Å². The molecule has 0 atom stereocenters. The van der Waals surface area contributed by atoms with Gasteiger partial charge in [-0.05, 0) is 74.3 Å². The van der Waals surface area contributed by atoms with Crippen molar-refractivity contribution >= 4 is 40.9 Å². The summed E-state index contributed by atoms with van der Waals surface area (Å²) in [5.74, 6) is -0.977. The number of carbonyl (C=O) groups is 3. The molecule has 3 N–H and O–H groups in total. The van der Waals surface area contributed by atoms with Crippen LogP contribution in [-0.2, 0) is 11.3 Å². The summed E-state index contributed by atoms with van der Waals surface area (Å²) in [6, 6.07) is 8.31. The number of nitrogens with one attached hydrogen (secondary N) is 2. The summed E-state index contributed by atoms with van der Waals surface area (Å²) >= 11 is 0.849. The zero-order valence-electron chi connectivity index (χ0n) is 21.7. The van der Waals surface area contributed by atoms with E-state index in [1.54, 1.807) is 36.5 Å². The molecular formula is C28H27FN6O4S. The largest absolute Gasteiger partial charge is 0.478 e. The molecule has 0 aliphatic carbocycles. The monoisotopic (exact) mass is 562 g/mol. The summed E-state index contributed by atoms with van der Waals surface area (Å²) in [5, 5.41) is 14.7. The molecule has 2 aliphatic rings. The second kappa shape index (κ2) is 11.9. The van der Waals surface area contributed by atoms with Gasteiger partial charge in [0.2, 0.25) is 5.95 Å². The van der Waals surface area contributed by atoms with Crippen LogP contribution in [0.5, 0.6) is 0 Å². The number of imide groups is 1. The van der Waals surface area contributed by atoms with Crippen LogP contribution in [0, 0.1) is 18.7 Å². The number of thioether (sulfide) groups is 1. The maximum absolute atomic E-state index is 14.5. The van der Waals surface area contributed by atoms with Crippen LogP contribution < -0.4 is 15.5 Å². The summed E-state index contributed by atoms with van der Waals surface area (Å²) in [6.45, 7) is 4.36. The Morgan fingerprint density at radius 3 is 2.75 bits per heavy atom. The predicted molar refractivity (Wildman–Crippen MR) is 149 cm³/mol. The molecule has 2 amide bonds. The van der Waals surface area contributed by atoms with Crippen molar-refractivity contribution in [2.75, 3.05) is 24.5 Å². The number of hydrogen-bond donors (Lipinski definition) is 3. The van der Waals surface area contributed by atoms with Crippen molar-refractivity contribution in [3.8, 4) is 11.3 Å². The number of aromatic carboxylic acids is 1. The van der Waals surface area contributed by atoms with E-state index in [9.17, 15) is 23.9 Å². The number of carboxylic acids is 1. The number of amides is 2. The zero-order valence-corrected chi connectivity index (χ0v) is 22.5. The lowest BCUT2D eigenvalue weighted by molar-refractivity contribution is -0.115. The summed E-state index contributed by atoms with van der Waals surface area (Å²) in [5.41, 5.74) is 2.88. The highest BCUT2D eigenvalue weighted by molar-refractivity contribution is 8.18. The number of carbonyl (C=O) groups excluding carboxylic acids is 2. The highest BCUT2D eigenvalue weighted by atomic mass is 32.2. The van der Waals surface area contributed by atoms with Crippen LogP contribution in [0.3, 0.4) is 0 Å². The second-order valence-corrected chi connectivity index (χ2v) is 10.7. The van der Waals surface area contributed by atoms with Crippen molar-refractivity contribution < 1.29 is 23.9 Å². The smallest absolute Gasteiger partial charge is 0.336 e. The van der Waals surface area contributed by atoms with E-state index in [4.69, 9.17) is 0 Å². The van der Waals surface area contributed by atoms with Crippen LogP contribution in [0.25, 0.3) is 17.3 Å². The first kappa shape index (κ1) is 27.4. The van der Waals surface area contributed by atoms with E-state index < -0.39 is 22.9 Å². The fraction of sp³-hybridized carbons (Fsp3) is 0.286. The predicted octanol–water partition coefficient (Wildman–Crippen LogP) is 4.01. The average molecular weight is 563 g/mol. The summed E-state index contributed by atoms with van der Waals surface area (Å²) in [6.07, 6.45) is 6.14. The van der Waals surface area contributed by atoms with Gasteiger partial charge in [0.25, 0.3) is 11.1 Å². The maximum atomic E-state index is 14.5. The van der Waals surface area contributed by atoms with Gasteiger partial charge in [-0.3, -0.25) is 19.9 Å². The Labute approximate surface area is 234 Å². The van der Waals surface area contributed by atoms with E-state index in [-0.39, 0.29) is 5.56 Å². The molecule has 40 heavy (non-hydrogen) atoms. The van der Waals surface area contributed by atoms with Gasteiger partial charge in [-0.1, -0.05) is 11.6 Å². The summed E-state index contributed by atoms with van der Waals surface area (Å²) in [7, 11) is 0. The Hall–Kier alpha value is -4.16. The van der Waals surface area contributed by atoms with E-state index in [0.717, 1.165) is 49.5 Å². The molecule has 4 heterocycles. The highest BCUT2D eigenvalue weighted by Crippen LogP contribution is 2.27. The molecule has 0 bridgehead atoms. The molecule has 2 aliphatic heterocycles. The highest BCUT2D eigenvalue weighted by Gasteiger charge is 2.26. The lowest BCUT2D eigenvalue weighted by atomic mass is 9.97. The Balaban J connectivity index is 1.16. The molecule has 5 rings (SSSR count). The van der Waals surface area contributed by atoms with Gasteiger partial charge in [0.15, 0.2) is 0 Å². The van der Waals surface area contributed by atoms with Gasteiger partial charge in [-0.2, -0.15) is 0 Å². The summed E-state index contributed by atoms with van der Waals surface area (Å²) < 4.78 is 14.5. The molecule has 3 aromatic rings. The Bertz CT molecular complexity index is 1510. The van der Waals surface area contributed by atoms with Crippen molar-refractivity contribution in [2.24, 2.45) is 5.92 Å². The number of halogens is 1. The third-order valence-electron chi connectivity index (χ3n) is 6.85. The number of carboxylic acid groups (broad SMARTS) is 1. The van der Waals surface area contributed by atoms with E-state index >= 15 is 0 Å². The van der Waals surface area contributed by atoms with Crippen molar-refractivity contribution in [1.82, 2.24) is 25.6 Å². The summed E-state index contributed by atoms with van der Waals surface area (Å²) in [4.78, 5) is 50.3. The minimum Gasteiger partial charge on any atom is -0.478 e. The van der Waals surface area contributed by atoms with Gasteiger partial charge in [-0.15, -0.1) is 0 Å². The van der Waals surface area contributed by atoms with Gasteiger partial charge in [0.05, 0.1) is 28.1 Å². The number of pyridine rings is 1. The number of nitrogens with zero attached hydrogens (tertiary/aromatic N) is 4. The van der Waals surface area contributed by atoms with Crippen molar-refractivity contribution in [1.29, 1.82) is 0 Å². The molecule has 2 aromatic heterocycles. The molecule has 2 fully saturated rings. The molecular weight excluding hydrogens is 535 g/mol. The van der Waals surface area contributed by atoms with Crippen molar-refractivity contribution in [3.05, 3.63) is 75.8 Å². The average Bonchev–Trinajstić information content (AvgIpc) is 3.26. The quantitative estimate of drug-likeness (QED) is 0.345. The second-order valence-electron chi connectivity index (χ2n) is 9.71. The number of aromatic nitrogens is 3. The molecule has 10 nitrogen and oxygen atoms in total. The first-order valence-electron chi connectivity index (χ1n) is 12.8. The number of aryl methyl sites for hydroxylation is 1. The first-order chi connectivity index (χ1) is 19.3. The Morgan fingerprint density at radius 1 is 1.23 bits per heavy atom. The SMILES string of the molecule is Cc1ccc(C(=O)O)c(-c2cc(CNCC3CCN(c4nccc(/C=C5\SC(=O)NC5=O)n4)CC3)c(F)cn2)c1. The molecule has 206 valence electrons. The molecule has 0 unspecified atom stereocenters. The van der Waals surface area contributed by atoms with Crippen LogP contribution in [0.2, 0.25) is 0 Å². The number of benzene rings is 1. The normalized spacial score (nSPS) is 16.9. The van der Waals surface area contributed by atoms with Crippen LogP contribution in [0.4, 0.5) is 15.1 Å². The lowest BCUT2D eigenvalue weighted by Gasteiger charge is -2.32. The Morgan fingerprint density at radius 2 is 2.02 bits per heavy atom. The zero-order chi connectivity index (χ0) is 28.2. The molecule has 1 aromatic carbocycles. The minimum absolute atomic E-state index is 0.125. The number of rotatable bonds is 8. The van der Waals surface area contributed by atoms with Gasteiger partial charge in [0, 0.05) is 37.0 Å². The third-order valence-corrected chi connectivity index (χ3v) is 7.66. The minimum atomic E-state index is -1.06.